The van der Waals surface area contributed by atoms with Crippen LogP contribution < -0.4 is 5.14 Å². The van der Waals surface area contributed by atoms with Crippen molar-refractivity contribution in [1.29, 1.82) is 0 Å². The Bertz CT molecular complexity index is 360. The Morgan fingerprint density at radius 1 is 1.31 bits per heavy atom. The first-order chi connectivity index (χ1) is 5.99. The van der Waals surface area contributed by atoms with Gasteiger partial charge in [-0.05, 0) is 5.56 Å². The van der Waals surface area contributed by atoms with Gasteiger partial charge < -0.3 is 5.11 Å². The lowest BCUT2D eigenvalue weighted by Crippen LogP contribution is -2.21. The number of benzene rings is 1. The monoisotopic (exact) mass is 201 g/mol. The third kappa shape index (κ3) is 3.54. The highest BCUT2D eigenvalue weighted by Crippen LogP contribution is 2.12. The van der Waals surface area contributed by atoms with E-state index in [1.165, 1.54) is 0 Å². The van der Waals surface area contributed by atoms with Gasteiger partial charge in [0.15, 0.2) is 0 Å². The summed E-state index contributed by atoms with van der Waals surface area (Å²) < 4.78 is 21.3. The highest BCUT2D eigenvalue weighted by Gasteiger charge is 2.13. The number of primary sulfonamides is 1. The lowest BCUT2D eigenvalue weighted by Gasteiger charge is -2.08. The second-order valence-corrected chi connectivity index (χ2v) is 4.42. The summed E-state index contributed by atoms with van der Waals surface area (Å²) in [4.78, 5) is 0. The molecular formula is C8H11NO3S. The zero-order chi connectivity index (χ0) is 9.90. The minimum absolute atomic E-state index is 0.447. The van der Waals surface area contributed by atoms with Crippen LogP contribution in [0.15, 0.2) is 30.3 Å². The van der Waals surface area contributed by atoms with Crippen LogP contribution in [0.4, 0.5) is 0 Å². The third-order valence-electron chi connectivity index (χ3n) is 1.57. The number of aliphatic hydroxyl groups is 1. The molecule has 1 rings (SSSR count). The van der Waals surface area contributed by atoms with Crippen LogP contribution in [0, 0.1) is 0 Å². The zero-order valence-corrected chi connectivity index (χ0v) is 7.74. The first-order valence-electron chi connectivity index (χ1n) is 3.72. The maximum atomic E-state index is 10.6. The molecule has 4 nitrogen and oxygen atoms in total. The first kappa shape index (κ1) is 10.2. The maximum Gasteiger partial charge on any atom is 0.211 e. The number of sulfonamides is 1. The zero-order valence-electron chi connectivity index (χ0n) is 6.92. The number of aliphatic hydroxyl groups excluding tert-OH is 1. The molecule has 1 unspecified atom stereocenters. The molecule has 3 N–H and O–H groups in total. The van der Waals surface area contributed by atoms with Crippen LogP contribution in [0.25, 0.3) is 0 Å². The molecule has 0 heterocycles. The molecular weight excluding hydrogens is 190 g/mol. The van der Waals surface area contributed by atoms with Gasteiger partial charge in [-0.3, -0.25) is 0 Å². The van der Waals surface area contributed by atoms with Gasteiger partial charge in [-0.1, -0.05) is 30.3 Å². The van der Waals surface area contributed by atoms with Gasteiger partial charge in [0.05, 0.1) is 11.9 Å². The van der Waals surface area contributed by atoms with Gasteiger partial charge in [0.25, 0.3) is 0 Å². The van der Waals surface area contributed by atoms with Gasteiger partial charge in [-0.15, -0.1) is 0 Å². The molecule has 0 bridgehead atoms. The molecule has 0 aliphatic rings. The molecule has 0 saturated heterocycles. The maximum absolute atomic E-state index is 10.6. The molecule has 0 aromatic heterocycles. The van der Waals surface area contributed by atoms with Gasteiger partial charge in [0, 0.05) is 0 Å². The van der Waals surface area contributed by atoms with Crippen molar-refractivity contribution in [2.45, 2.75) is 6.10 Å². The summed E-state index contributed by atoms with van der Waals surface area (Å²) in [5, 5.41) is 14.2. The lowest BCUT2D eigenvalue weighted by atomic mass is 10.1. The average Bonchev–Trinajstić information content (AvgIpc) is 2.03. The number of rotatable bonds is 3. The fourth-order valence-electron chi connectivity index (χ4n) is 0.991. The van der Waals surface area contributed by atoms with Crippen LogP contribution in [-0.2, 0) is 10.0 Å². The summed E-state index contributed by atoms with van der Waals surface area (Å²) in [5.74, 6) is -0.447. The molecule has 13 heavy (non-hydrogen) atoms. The van der Waals surface area contributed by atoms with Gasteiger partial charge in [0.2, 0.25) is 10.0 Å². The number of nitrogens with two attached hydrogens (primary N) is 1. The topological polar surface area (TPSA) is 80.4 Å². The van der Waals surface area contributed by atoms with Crippen molar-refractivity contribution in [2.24, 2.45) is 5.14 Å². The second kappa shape index (κ2) is 3.87. The summed E-state index contributed by atoms with van der Waals surface area (Å²) in [6, 6.07) is 8.53. The molecule has 0 aliphatic heterocycles. The molecule has 0 radical (unpaired) electrons. The predicted molar refractivity (Wildman–Crippen MR) is 49.4 cm³/mol. The Morgan fingerprint density at radius 3 is 2.31 bits per heavy atom. The van der Waals surface area contributed by atoms with E-state index in [0.29, 0.717) is 5.56 Å². The Balaban J connectivity index is 2.76. The van der Waals surface area contributed by atoms with Crippen molar-refractivity contribution in [1.82, 2.24) is 0 Å². The van der Waals surface area contributed by atoms with Crippen LogP contribution in [0.2, 0.25) is 0 Å². The Morgan fingerprint density at radius 2 is 1.85 bits per heavy atom. The van der Waals surface area contributed by atoms with Crippen LogP contribution >= 0.6 is 0 Å². The van der Waals surface area contributed by atoms with Crippen molar-refractivity contribution in [3.05, 3.63) is 35.9 Å². The molecule has 1 aromatic carbocycles. The van der Waals surface area contributed by atoms with E-state index in [9.17, 15) is 13.5 Å². The summed E-state index contributed by atoms with van der Waals surface area (Å²) in [7, 11) is -3.62. The molecule has 0 spiro atoms. The van der Waals surface area contributed by atoms with Gasteiger partial charge in [0.1, 0.15) is 0 Å². The van der Waals surface area contributed by atoms with Crippen LogP contribution in [0.1, 0.15) is 11.7 Å². The van der Waals surface area contributed by atoms with E-state index in [0.717, 1.165) is 0 Å². The fraction of sp³-hybridized carbons (Fsp3) is 0.250. The van der Waals surface area contributed by atoms with Crippen LogP contribution in [0.5, 0.6) is 0 Å². The summed E-state index contributed by atoms with van der Waals surface area (Å²) in [6.07, 6.45) is -1.05. The van der Waals surface area contributed by atoms with Gasteiger partial charge >= 0.3 is 0 Å². The summed E-state index contributed by atoms with van der Waals surface area (Å²) in [5.41, 5.74) is 0.552. The van der Waals surface area contributed by atoms with E-state index in [4.69, 9.17) is 5.14 Å². The number of hydrogen-bond donors (Lipinski definition) is 2. The highest BCUT2D eigenvalue weighted by molar-refractivity contribution is 7.89. The summed E-state index contributed by atoms with van der Waals surface area (Å²) >= 11 is 0. The standard InChI is InChI=1S/C8H11NO3S/c9-13(11,12)6-8(10)7-4-2-1-3-5-7/h1-5,8,10H,6H2,(H2,9,11,12). The molecule has 0 aliphatic carbocycles. The molecule has 0 fully saturated rings. The minimum Gasteiger partial charge on any atom is -0.387 e. The normalized spacial score (nSPS) is 14.0. The van der Waals surface area contributed by atoms with Crippen molar-refractivity contribution < 1.29 is 13.5 Å². The first-order valence-corrected chi connectivity index (χ1v) is 5.44. The smallest absolute Gasteiger partial charge is 0.211 e. The van der Waals surface area contributed by atoms with Crippen LogP contribution in [0.3, 0.4) is 0 Å². The van der Waals surface area contributed by atoms with Crippen LogP contribution in [-0.4, -0.2) is 19.3 Å². The summed E-state index contributed by atoms with van der Waals surface area (Å²) in [6.45, 7) is 0. The Labute approximate surface area is 77.1 Å². The van der Waals surface area contributed by atoms with Crippen molar-refractivity contribution in [3.63, 3.8) is 0 Å². The Hall–Kier alpha value is -0.910. The Kier molecular flexibility index (Phi) is 3.02. The van der Waals surface area contributed by atoms with E-state index >= 15 is 0 Å². The van der Waals surface area contributed by atoms with E-state index in [1.807, 2.05) is 0 Å². The average molecular weight is 201 g/mol. The molecule has 5 heteroatoms. The molecule has 0 saturated carbocycles. The van der Waals surface area contributed by atoms with Crippen molar-refractivity contribution in [2.75, 3.05) is 5.75 Å². The van der Waals surface area contributed by atoms with Gasteiger partial charge in [-0.2, -0.15) is 0 Å². The van der Waals surface area contributed by atoms with Gasteiger partial charge in [-0.25, -0.2) is 13.6 Å². The largest absolute Gasteiger partial charge is 0.387 e. The van der Waals surface area contributed by atoms with E-state index in [-0.39, 0.29) is 0 Å². The molecule has 72 valence electrons. The van der Waals surface area contributed by atoms with E-state index in [1.54, 1.807) is 30.3 Å². The molecule has 1 atom stereocenters. The van der Waals surface area contributed by atoms with E-state index in [2.05, 4.69) is 0 Å². The number of hydrogen-bond acceptors (Lipinski definition) is 3. The fourth-order valence-corrected chi connectivity index (χ4v) is 1.62. The predicted octanol–water partition coefficient (Wildman–Crippen LogP) is 0.00850. The molecule has 0 amide bonds. The quantitative estimate of drug-likeness (QED) is 0.722. The molecule has 1 aromatic rings. The SMILES string of the molecule is NS(=O)(=O)CC(O)c1ccccc1. The lowest BCUT2D eigenvalue weighted by molar-refractivity contribution is 0.201. The van der Waals surface area contributed by atoms with Crippen molar-refractivity contribution in [3.8, 4) is 0 Å². The third-order valence-corrected chi connectivity index (χ3v) is 2.35. The van der Waals surface area contributed by atoms with Crippen molar-refractivity contribution >= 4 is 10.0 Å². The van der Waals surface area contributed by atoms with E-state index < -0.39 is 21.9 Å². The highest BCUT2D eigenvalue weighted by atomic mass is 32.2. The minimum atomic E-state index is -3.62. The second-order valence-electron chi connectivity index (χ2n) is 2.76.